The van der Waals surface area contributed by atoms with Gasteiger partial charge in [0.1, 0.15) is 11.6 Å². The first-order valence-electron chi connectivity index (χ1n) is 10.6. The van der Waals surface area contributed by atoms with Crippen LogP contribution in [0, 0.1) is 0 Å². The van der Waals surface area contributed by atoms with Gasteiger partial charge < -0.3 is 9.64 Å². The Hall–Kier alpha value is -3.14. The van der Waals surface area contributed by atoms with Crippen molar-refractivity contribution in [3.63, 3.8) is 0 Å². The largest absolute Gasteiger partial charge is 0.497 e. The number of rotatable bonds is 7. The van der Waals surface area contributed by atoms with Crippen molar-refractivity contribution in [3.05, 3.63) is 89.1 Å². The SMILES string of the molecule is COc1cccc(C(C)CCC(=O)c2ccc(N3CCc4ccccc4C3)nc2)c1. The average Bonchev–Trinajstić information content (AvgIpc) is 2.82. The molecule has 0 N–H and O–H groups in total. The Morgan fingerprint density at radius 3 is 2.70 bits per heavy atom. The average molecular weight is 401 g/mol. The number of benzene rings is 2. The second kappa shape index (κ2) is 9.12. The molecule has 4 nitrogen and oxygen atoms in total. The molecule has 1 atom stereocenters. The van der Waals surface area contributed by atoms with Crippen LogP contribution in [0.1, 0.15) is 52.7 Å². The molecule has 0 fully saturated rings. The molecule has 1 aliphatic heterocycles. The van der Waals surface area contributed by atoms with Crippen molar-refractivity contribution in [2.45, 2.75) is 38.6 Å². The summed E-state index contributed by atoms with van der Waals surface area (Å²) in [6, 6.07) is 20.5. The highest BCUT2D eigenvalue weighted by Crippen LogP contribution is 2.26. The van der Waals surface area contributed by atoms with Crippen molar-refractivity contribution in [1.29, 1.82) is 0 Å². The number of hydrogen-bond acceptors (Lipinski definition) is 4. The van der Waals surface area contributed by atoms with Gasteiger partial charge in [-0.2, -0.15) is 0 Å². The van der Waals surface area contributed by atoms with Crippen molar-refractivity contribution < 1.29 is 9.53 Å². The van der Waals surface area contributed by atoms with E-state index >= 15 is 0 Å². The maximum Gasteiger partial charge on any atom is 0.164 e. The van der Waals surface area contributed by atoms with Gasteiger partial charge in [-0.25, -0.2) is 4.98 Å². The maximum absolute atomic E-state index is 12.7. The smallest absolute Gasteiger partial charge is 0.164 e. The molecular weight excluding hydrogens is 372 g/mol. The molecule has 0 aliphatic carbocycles. The van der Waals surface area contributed by atoms with E-state index in [-0.39, 0.29) is 5.78 Å². The molecule has 2 aromatic carbocycles. The summed E-state index contributed by atoms with van der Waals surface area (Å²) < 4.78 is 5.30. The number of aromatic nitrogens is 1. The minimum Gasteiger partial charge on any atom is -0.497 e. The van der Waals surface area contributed by atoms with E-state index in [1.807, 2.05) is 30.3 Å². The predicted octanol–water partition coefficient (Wildman–Crippen LogP) is 5.42. The number of Topliss-reactive ketones (excluding diaryl/α,β-unsaturated/α-hetero) is 1. The van der Waals surface area contributed by atoms with Crippen LogP contribution in [0.3, 0.4) is 0 Å². The first kappa shape index (κ1) is 20.1. The number of methoxy groups -OCH3 is 1. The molecule has 154 valence electrons. The molecule has 0 saturated heterocycles. The first-order chi connectivity index (χ1) is 14.6. The van der Waals surface area contributed by atoms with Gasteiger partial charge in [-0.3, -0.25) is 4.79 Å². The van der Waals surface area contributed by atoms with Gasteiger partial charge in [0, 0.05) is 31.3 Å². The van der Waals surface area contributed by atoms with E-state index in [0.717, 1.165) is 37.5 Å². The van der Waals surface area contributed by atoms with Gasteiger partial charge in [0.25, 0.3) is 0 Å². The Labute approximate surface area is 178 Å². The van der Waals surface area contributed by atoms with Crippen LogP contribution in [0.2, 0.25) is 0 Å². The third-order valence-corrected chi connectivity index (χ3v) is 5.99. The predicted molar refractivity (Wildman–Crippen MR) is 120 cm³/mol. The summed E-state index contributed by atoms with van der Waals surface area (Å²) in [4.78, 5) is 19.5. The van der Waals surface area contributed by atoms with E-state index in [4.69, 9.17) is 4.74 Å². The van der Waals surface area contributed by atoms with Gasteiger partial charge in [-0.15, -0.1) is 0 Å². The summed E-state index contributed by atoms with van der Waals surface area (Å²) in [6.07, 6.45) is 4.07. The Morgan fingerprint density at radius 2 is 1.93 bits per heavy atom. The normalized spacial score (nSPS) is 14.1. The van der Waals surface area contributed by atoms with Crippen LogP contribution in [0.5, 0.6) is 5.75 Å². The Kier molecular flexibility index (Phi) is 6.12. The number of nitrogens with zero attached hydrogens (tertiary/aromatic N) is 2. The highest BCUT2D eigenvalue weighted by atomic mass is 16.5. The number of pyridine rings is 1. The second-order valence-electron chi connectivity index (χ2n) is 7.98. The van der Waals surface area contributed by atoms with Gasteiger partial charge in [0.2, 0.25) is 0 Å². The minimum atomic E-state index is 0.146. The number of fused-ring (bicyclic) bond motifs is 1. The number of hydrogen-bond donors (Lipinski definition) is 0. The lowest BCUT2D eigenvalue weighted by Crippen LogP contribution is -2.30. The summed E-state index contributed by atoms with van der Waals surface area (Å²) in [5, 5.41) is 0. The number of ether oxygens (including phenoxy) is 1. The van der Waals surface area contributed by atoms with Gasteiger partial charge >= 0.3 is 0 Å². The van der Waals surface area contributed by atoms with E-state index in [1.54, 1.807) is 13.3 Å². The molecule has 0 saturated carbocycles. The lowest BCUT2D eigenvalue weighted by molar-refractivity contribution is 0.0977. The molecular formula is C26H28N2O2. The van der Waals surface area contributed by atoms with E-state index in [2.05, 4.69) is 47.1 Å². The Bertz CT molecular complexity index is 1010. The molecule has 4 heteroatoms. The zero-order valence-corrected chi connectivity index (χ0v) is 17.7. The number of ketones is 1. The van der Waals surface area contributed by atoms with Crippen LogP contribution in [-0.2, 0) is 13.0 Å². The lowest BCUT2D eigenvalue weighted by Gasteiger charge is -2.29. The van der Waals surface area contributed by atoms with Crippen LogP contribution in [0.25, 0.3) is 0 Å². The maximum atomic E-state index is 12.7. The zero-order chi connectivity index (χ0) is 20.9. The van der Waals surface area contributed by atoms with Gasteiger partial charge in [-0.1, -0.05) is 43.3 Å². The monoisotopic (exact) mass is 400 g/mol. The molecule has 1 aliphatic rings. The van der Waals surface area contributed by atoms with E-state index < -0.39 is 0 Å². The molecule has 4 rings (SSSR count). The van der Waals surface area contributed by atoms with Gasteiger partial charge in [0.15, 0.2) is 5.78 Å². The van der Waals surface area contributed by atoms with E-state index in [9.17, 15) is 4.79 Å². The van der Waals surface area contributed by atoms with Crippen molar-refractivity contribution in [1.82, 2.24) is 4.98 Å². The Balaban J connectivity index is 1.35. The number of carbonyl (C=O) groups excluding carboxylic acids is 1. The minimum absolute atomic E-state index is 0.146. The van der Waals surface area contributed by atoms with Gasteiger partial charge in [0.05, 0.1) is 7.11 Å². The zero-order valence-electron chi connectivity index (χ0n) is 17.7. The van der Waals surface area contributed by atoms with Crippen LogP contribution in [0.4, 0.5) is 5.82 Å². The fourth-order valence-electron chi connectivity index (χ4n) is 4.04. The molecule has 0 bridgehead atoms. The topological polar surface area (TPSA) is 42.4 Å². The van der Waals surface area contributed by atoms with Crippen LogP contribution >= 0.6 is 0 Å². The van der Waals surface area contributed by atoms with Gasteiger partial charge in [-0.05, 0) is 59.7 Å². The van der Waals surface area contributed by atoms with Crippen molar-refractivity contribution in [2.75, 3.05) is 18.6 Å². The molecule has 2 heterocycles. The third kappa shape index (κ3) is 4.54. The standard InChI is InChI=1S/C26H28N2O2/c1-19(21-8-5-9-24(16-21)30-2)10-12-25(29)22-11-13-26(27-17-22)28-15-14-20-6-3-4-7-23(20)18-28/h3-9,11,13,16-17,19H,10,12,14-15,18H2,1-2H3. The molecule has 1 unspecified atom stereocenters. The van der Waals surface area contributed by atoms with Crippen molar-refractivity contribution in [2.24, 2.45) is 0 Å². The molecule has 0 amide bonds. The summed E-state index contributed by atoms with van der Waals surface area (Å²) >= 11 is 0. The summed E-state index contributed by atoms with van der Waals surface area (Å²) in [5.41, 5.74) is 4.66. The Morgan fingerprint density at radius 1 is 1.10 bits per heavy atom. The van der Waals surface area contributed by atoms with Crippen molar-refractivity contribution >= 4 is 11.6 Å². The summed E-state index contributed by atoms with van der Waals surface area (Å²) in [7, 11) is 1.67. The lowest BCUT2D eigenvalue weighted by atomic mass is 9.94. The summed E-state index contributed by atoms with van der Waals surface area (Å²) in [6.45, 7) is 3.97. The highest BCUT2D eigenvalue weighted by molar-refractivity contribution is 5.95. The third-order valence-electron chi connectivity index (χ3n) is 5.99. The van der Waals surface area contributed by atoms with Crippen molar-refractivity contribution in [3.8, 4) is 5.75 Å². The molecule has 3 aromatic rings. The van der Waals surface area contributed by atoms with Crippen LogP contribution < -0.4 is 9.64 Å². The first-order valence-corrected chi connectivity index (χ1v) is 10.6. The molecule has 1 aromatic heterocycles. The molecule has 30 heavy (non-hydrogen) atoms. The fraction of sp³-hybridized carbons (Fsp3) is 0.308. The molecule has 0 radical (unpaired) electrons. The van der Waals surface area contributed by atoms with Crippen LogP contribution in [0.15, 0.2) is 66.9 Å². The van der Waals surface area contributed by atoms with E-state index in [0.29, 0.717) is 17.9 Å². The number of anilines is 1. The number of carbonyl (C=O) groups is 1. The van der Waals surface area contributed by atoms with Crippen LogP contribution in [-0.4, -0.2) is 24.4 Å². The van der Waals surface area contributed by atoms with E-state index in [1.165, 1.54) is 16.7 Å². The summed E-state index contributed by atoms with van der Waals surface area (Å²) in [5.74, 6) is 2.23. The highest BCUT2D eigenvalue weighted by Gasteiger charge is 2.18. The second-order valence-corrected chi connectivity index (χ2v) is 7.98. The fourth-order valence-corrected chi connectivity index (χ4v) is 4.04. The quantitative estimate of drug-likeness (QED) is 0.497. The molecule has 0 spiro atoms.